The number of carbonyl (C=O) groups excluding carboxylic acids is 1. The molecule has 128 valence electrons. The highest BCUT2D eigenvalue weighted by molar-refractivity contribution is 5.95. The van der Waals surface area contributed by atoms with E-state index in [0.717, 1.165) is 13.1 Å². The average molecular weight is 321 g/mol. The summed E-state index contributed by atoms with van der Waals surface area (Å²) in [6.45, 7) is 8.40. The van der Waals surface area contributed by atoms with E-state index in [1.54, 1.807) is 24.3 Å². The van der Waals surface area contributed by atoms with Gasteiger partial charge in [-0.3, -0.25) is 9.69 Å². The van der Waals surface area contributed by atoms with E-state index in [4.69, 9.17) is 9.47 Å². The second kappa shape index (κ2) is 8.43. The number of ether oxygens (including phenoxy) is 2. The number of ketones is 1. The third-order valence-electron chi connectivity index (χ3n) is 3.90. The van der Waals surface area contributed by atoms with Crippen LogP contribution in [0, 0.1) is 0 Å². The highest BCUT2D eigenvalue weighted by Gasteiger charge is 2.23. The maximum atomic E-state index is 11.6. The van der Waals surface area contributed by atoms with Gasteiger partial charge in [-0.15, -0.1) is 0 Å². The zero-order chi connectivity index (χ0) is 16.8. The van der Waals surface area contributed by atoms with Crippen LogP contribution in [0.25, 0.3) is 0 Å². The van der Waals surface area contributed by atoms with Gasteiger partial charge in [0.1, 0.15) is 18.5 Å². The standard InChI is InChI=1S/C18H27NO4/c1-4-18(21)15-5-7-17(8-6-15)22-12-16(20)11-19-9-13(2)23-14(3)10-19/h5-8,13-14,16,20H,4,9-12H2,1-3H3/t13-,14+,16-/m0/s1. The van der Waals surface area contributed by atoms with Crippen LogP contribution in [0.4, 0.5) is 0 Å². The summed E-state index contributed by atoms with van der Waals surface area (Å²) in [5, 5.41) is 10.2. The van der Waals surface area contributed by atoms with Crippen molar-refractivity contribution in [3.05, 3.63) is 29.8 Å². The van der Waals surface area contributed by atoms with E-state index in [2.05, 4.69) is 4.90 Å². The quantitative estimate of drug-likeness (QED) is 0.780. The fourth-order valence-electron chi connectivity index (χ4n) is 2.92. The zero-order valence-corrected chi connectivity index (χ0v) is 14.2. The first-order valence-corrected chi connectivity index (χ1v) is 8.29. The van der Waals surface area contributed by atoms with Crippen LogP contribution in [0.5, 0.6) is 5.75 Å². The lowest BCUT2D eigenvalue weighted by atomic mass is 10.1. The topological polar surface area (TPSA) is 59.0 Å². The number of hydrogen-bond donors (Lipinski definition) is 1. The summed E-state index contributed by atoms with van der Waals surface area (Å²) in [4.78, 5) is 13.8. The van der Waals surface area contributed by atoms with Crippen molar-refractivity contribution < 1.29 is 19.4 Å². The van der Waals surface area contributed by atoms with Crippen molar-refractivity contribution in [3.63, 3.8) is 0 Å². The van der Waals surface area contributed by atoms with Crippen LogP contribution in [0.15, 0.2) is 24.3 Å². The number of hydrogen-bond acceptors (Lipinski definition) is 5. The molecule has 1 heterocycles. The molecular weight excluding hydrogens is 294 g/mol. The predicted molar refractivity (Wildman–Crippen MR) is 89.0 cm³/mol. The first-order valence-electron chi connectivity index (χ1n) is 8.29. The van der Waals surface area contributed by atoms with Crippen LogP contribution in [0.3, 0.4) is 0 Å². The van der Waals surface area contributed by atoms with Gasteiger partial charge in [-0.25, -0.2) is 0 Å². The van der Waals surface area contributed by atoms with E-state index in [1.807, 2.05) is 20.8 Å². The van der Waals surface area contributed by atoms with Crippen LogP contribution in [-0.4, -0.2) is 60.3 Å². The van der Waals surface area contributed by atoms with Crippen molar-refractivity contribution in [2.75, 3.05) is 26.2 Å². The van der Waals surface area contributed by atoms with Gasteiger partial charge in [-0.1, -0.05) is 6.92 Å². The summed E-state index contributed by atoms with van der Waals surface area (Å²) in [5.74, 6) is 0.785. The fourth-order valence-corrected chi connectivity index (χ4v) is 2.92. The Labute approximate surface area is 138 Å². The van der Waals surface area contributed by atoms with Crippen LogP contribution >= 0.6 is 0 Å². The first kappa shape index (κ1) is 17.9. The van der Waals surface area contributed by atoms with Crippen molar-refractivity contribution in [1.82, 2.24) is 4.90 Å². The minimum atomic E-state index is -0.551. The van der Waals surface area contributed by atoms with Gasteiger partial charge < -0.3 is 14.6 Å². The third-order valence-corrected chi connectivity index (χ3v) is 3.90. The molecule has 0 unspecified atom stereocenters. The second-order valence-corrected chi connectivity index (χ2v) is 6.24. The Balaban J connectivity index is 1.77. The van der Waals surface area contributed by atoms with E-state index in [-0.39, 0.29) is 24.6 Å². The number of aliphatic hydroxyl groups excluding tert-OH is 1. The third kappa shape index (κ3) is 5.61. The van der Waals surface area contributed by atoms with Gasteiger partial charge in [0, 0.05) is 31.6 Å². The average Bonchev–Trinajstić information content (AvgIpc) is 2.51. The molecule has 1 saturated heterocycles. The van der Waals surface area contributed by atoms with Crippen molar-refractivity contribution in [2.45, 2.75) is 45.5 Å². The molecule has 5 heteroatoms. The Hall–Kier alpha value is -1.43. The lowest BCUT2D eigenvalue weighted by Gasteiger charge is -2.36. The number of morpholine rings is 1. The largest absolute Gasteiger partial charge is 0.491 e. The van der Waals surface area contributed by atoms with Crippen molar-refractivity contribution in [2.24, 2.45) is 0 Å². The highest BCUT2D eigenvalue weighted by atomic mass is 16.5. The van der Waals surface area contributed by atoms with Gasteiger partial charge in [-0.05, 0) is 38.1 Å². The van der Waals surface area contributed by atoms with Crippen molar-refractivity contribution in [3.8, 4) is 5.75 Å². The number of carbonyl (C=O) groups is 1. The molecule has 0 aromatic heterocycles. The van der Waals surface area contributed by atoms with Crippen LogP contribution in [0.1, 0.15) is 37.6 Å². The zero-order valence-electron chi connectivity index (χ0n) is 14.2. The molecule has 0 radical (unpaired) electrons. The lowest BCUT2D eigenvalue weighted by Crippen LogP contribution is -2.48. The monoisotopic (exact) mass is 321 g/mol. The number of Topliss-reactive ketones (excluding diaryl/α,β-unsaturated/α-hetero) is 1. The molecule has 1 aromatic carbocycles. The van der Waals surface area contributed by atoms with E-state index in [9.17, 15) is 9.90 Å². The van der Waals surface area contributed by atoms with E-state index in [1.165, 1.54) is 0 Å². The number of nitrogens with zero attached hydrogens (tertiary/aromatic N) is 1. The summed E-state index contributed by atoms with van der Waals surface area (Å²) in [7, 11) is 0. The van der Waals surface area contributed by atoms with Gasteiger partial charge in [0.05, 0.1) is 12.2 Å². The number of benzene rings is 1. The molecule has 0 amide bonds. The molecule has 23 heavy (non-hydrogen) atoms. The van der Waals surface area contributed by atoms with Crippen LogP contribution < -0.4 is 4.74 Å². The Morgan fingerprint density at radius 1 is 1.30 bits per heavy atom. The van der Waals surface area contributed by atoms with Gasteiger partial charge in [0.15, 0.2) is 5.78 Å². The first-order chi connectivity index (χ1) is 11.0. The molecular formula is C18H27NO4. The molecule has 1 aliphatic heterocycles. The predicted octanol–water partition coefficient (Wildman–Crippen LogP) is 2.13. The summed E-state index contributed by atoms with van der Waals surface area (Å²) >= 11 is 0. The van der Waals surface area contributed by atoms with Gasteiger partial charge >= 0.3 is 0 Å². The normalized spacial score (nSPS) is 23.5. The minimum Gasteiger partial charge on any atom is -0.491 e. The van der Waals surface area contributed by atoms with E-state index < -0.39 is 6.10 Å². The molecule has 5 nitrogen and oxygen atoms in total. The molecule has 0 aliphatic carbocycles. The molecule has 1 fully saturated rings. The molecule has 0 bridgehead atoms. The number of aliphatic hydroxyl groups is 1. The molecule has 1 aromatic rings. The summed E-state index contributed by atoms with van der Waals surface area (Å²) < 4.78 is 11.3. The Morgan fingerprint density at radius 2 is 1.91 bits per heavy atom. The van der Waals surface area contributed by atoms with Gasteiger partial charge in [0.2, 0.25) is 0 Å². The number of rotatable bonds is 7. The molecule has 1 aliphatic rings. The van der Waals surface area contributed by atoms with Crippen molar-refractivity contribution >= 4 is 5.78 Å². The fraction of sp³-hybridized carbons (Fsp3) is 0.611. The van der Waals surface area contributed by atoms with Crippen molar-refractivity contribution in [1.29, 1.82) is 0 Å². The Bertz CT molecular complexity index is 492. The Kier molecular flexibility index (Phi) is 6.57. The van der Waals surface area contributed by atoms with Crippen LogP contribution in [-0.2, 0) is 4.74 Å². The lowest BCUT2D eigenvalue weighted by molar-refractivity contribution is -0.0786. The smallest absolute Gasteiger partial charge is 0.162 e. The maximum absolute atomic E-state index is 11.6. The van der Waals surface area contributed by atoms with E-state index in [0.29, 0.717) is 24.3 Å². The molecule has 0 saturated carbocycles. The minimum absolute atomic E-state index is 0.118. The van der Waals surface area contributed by atoms with Crippen LogP contribution in [0.2, 0.25) is 0 Å². The summed E-state index contributed by atoms with van der Waals surface area (Å²) in [6.07, 6.45) is 0.324. The number of β-amino-alcohol motifs (C(OH)–C–C–N with tert-alkyl or cyclic N) is 1. The SMILES string of the molecule is CCC(=O)c1ccc(OC[C@@H](O)CN2C[C@@H](C)O[C@@H](C)C2)cc1. The van der Waals surface area contributed by atoms with Gasteiger partial charge in [0.25, 0.3) is 0 Å². The highest BCUT2D eigenvalue weighted by Crippen LogP contribution is 2.15. The molecule has 0 spiro atoms. The summed E-state index contributed by atoms with van der Waals surface area (Å²) in [6, 6.07) is 7.07. The summed E-state index contributed by atoms with van der Waals surface area (Å²) in [5.41, 5.74) is 0.691. The molecule has 1 N–H and O–H groups in total. The molecule has 2 rings (SSSR count). The van der Waals surface area contributed by atoms with E-state index >= 15 is 0 Å². The second-order valence-electron chi connectivity index (χ2n) is 6.24. The molecule has 3 atom stereocenters. The van der Waals surface area contributed by atoms with Gasteiger partial charge in [-0.2, -0.15) is 0 Å². The maximum Gasteiger partial charge on any atom is 0.162 e. The Morgan fingerprint density at radius 3 is 2.48 bits per heavy atom.